The molecule has 1 aromatic heterocycles. The van der Waals surface area contributed by atoms with Gasteiger partial charge in [0.05, 0.1) is 6.20 Å². The molecule has 18 heavy (non-hydrogen) atoms. The second-order valence-electron chi connectivity index (χ2n) is 3.46. The van der Waals surface area contributed by atoms with E-state index in [9.17, 15) is 4.39 Å². The molecular weight excluding hydrogens is 235 g/mol. The monoisotopic (exact) mass is 248 g/mol. The second kappa shape index (κ2) is 5.46. The van der Waals surface area contributed by atoms with Gasteiger partial charge in [0, 0.05) is 11.6 Å². The van der Waals surface area contributed by atoms with Crippen LogP contribution in [0.3, 0.4) is 0 Å². The number of benzene rings is 1. The Morgan fingerprint density at radius 2 is 2.00 bits per heavy atom. The van der Waals surface area contributed by atoms with E-state index in [1.807, 2.05) is 24.3 Å². The van der Waals surface area contributed by atoms with Gasteiger partial charge in [-0.3, -0.25) is 0 Å². The lowest BCUT2D eigenvalue weighted by Gasteiger charge is -2.05. The van der Waals surface area contributed by atoms with Crippen molar-refractivity contribution in [1.82, 2.24) is 4.98 Å². The van der Waals surface area contributed by atoms with Crippen molar-refractivity contribution in [3.8, 4) is 17.4 Å². The third-order valence-corrected chi connectivity index (χ3v) is 2.34. The van der Waals surface area contributed by atoms with Crippen molar-refractivity contribution in [2.24, 2.45) is 5.73 Å². The molecule has 1 aliphatic rings. The number of hydrogen-bond acceptors (Lipinski definition) is 4. The maximum absolute atomic E-state index is 13.0. The van der Waals surface area contributed by atoms with E-state index in [2.05, 4.69) is 10.7 Å². The summed E-state index contributed by atoms with van der Waals surface area (Å²) in [6.07, 6.45) is 1.11. The van der Waals surface area contributed by atoms with E-state index in [4.69, 9.17) is 9.47 Å². The number of nitrogens with zero attached hydrogens (tertiary/aromatic N) is 1. The molecular formula is C13H13FN2O2. The number of fused-ring (bicyclic) bond motifs is 2. The van der Waals surface area contributed by atoms with Gasteiger partial charge in [0.2, 0.25) is 0 Å². The summed E-state index contributed by atoms with van der Waals surface area (Å²) < 4.78 is 24.0. The number of halogens is 1. The Morgan fingerprint density at radius 3 is 2.83 bits per heavy atom. The number of aromatic nitrogens is 1. The van der Waals surface area contributed by atoms with E-state index in [1.54, 1.807) is 0 Å². The molecule has 0 saturated heterocycles. The van der Waals surface area contributed by atoms with Crippen LogP contribution in [-0.2, 0) is 6.61 Å². The molecule has 0 fully saturated rings. The Hall–Kier alpha value is -2.14. The minimum absolute atomic E-state index is 0.310. The predicted molar refractivity (Wildman–Crippen MR) is 65.2 cm³/mol. The van der Waals surface area contributed by atoms with Crippen molar-refractivity contribution < 1.29 is 13.9 Å². The van der Waals surface area contributed by atoms with Gasteiger partial charge in [-0.2, -0.15) is 0 Å². The highest BCUT2D eigenvalue weighted by molar-refractivity contribution is 5.43. The van der Waals surface area contributed by atoms with Crippen LogP contribution in [-0.4, -0.2) is 12.0 Å². The van der Waals surface area contributed by atoms with Gasteiger partial charge in [-0.1, -0.05) is 18.2 Å². The molecule has 0 spiro atoms. The number of nitrogens with two attached hydrogens (primary N) is 1. The summed E-state index contributed by atoms with van der Waals surface area (Å²) in [6.45, 7) is 0.377. The molecule has 2 heterocycles. The summed E-state index contributed by atoms with van der Waals surface area (Å²) in [5.74, 6) is 0.859. The molecule has 4 nitrogen and oxygen atoms in total. The van der Waals surface area contributed by atoms with Gasteiger partial charge in [0.25, 0.3) is 5.88 Å². The summed E-state index contributed by atoms with van der Waals surface area (Å²) in [5, 5.41) is 0. The minimum atomic E-state index is -0.443. The molecule has 0 radical (unpaired) electrons. The molecule has 2 N–H and O–H groups in total. The Labute approximate surface area is 104 Å². The summed E-state index contributed by atoms with van der Waals surface area (Å²) in [4.78, 5) is 3.84. The van der Waals surface area contributed by atoms with Crippen molar-refractivity contribution in [3.05, 3.63) is 47.9 Å². The lowest BCUT2D eigenvalue weighted by molar-refractivity contribution is 0.293. The van der Waals surface area contributed by atoms with E-state index in [1.165, 1.54) is 13.1 Å². The van der Waals surface area contributed by atoms with E-state index in [0.717, 1.165) is 11.8 Å². The zero-order valence-corrected chi connectivity index (χ0v) is 9.89. The molecule has 0 aliphatic carbocycles. The van der Waals surface area contributed by atoms with Crippen molar-refractivity contribution in [1.29, 1.82) is 0 Å². The Balaban J connectivity index is 0.000000574. The van der Waals surface area contributed by atoms with Crippen LogP contribution >= 0.6 is 0 Å². The third-order valence-electron chi connectivity index (χ3n) is 2.34. The zero-order chi connectivity index (χ0) is 13.0. The molecule has 5 heteroatoms. The first-order valence-electron chi connectivity index (χ1n) is 5.45. The van der Waals surface area contributed by atoms with Crippen LogP contribution in [0.25, 0.3) is 0 Å². The van der Waals surface area contributed by atoms with Crippen LogP contribution in [0.15, 0.2) is 36.5 Å². The quantitative estimate of drug-likeness (QED) is 0.778. The summed E-state index contributed by atoms with van der Waals surface area (Å²) in [5.41, 5.74) is 5.42. The highest BCUT2D eigenvalue weighted by Gasteiger charge is 2.16. The third kappa shape index (κ3) is 2.41. The van der Waals surface area contributed by atoms with Crippen molar-refractivity contribution >= 4 is 0 Å². The topological polar surface area (TPSA) is 57.4 Å². The number of hydrogen-bond donors (Lipinski definition) is 1. The van der Waals surface area contributed by atoms with Gasteiger partial charge in [0.15, 0.2) is 5.75 Å². The fourth-order valence-corrected chi connectivity index (χ4v) is 1.58. The lowest BCUT2D eigenvalue weighted by Crippen LogP contribution is -1.94. The van der Waals surface area contributed by atoms with Gasteiger partial charge in [0.1, 0.15) is 18.2 Å². The summed E-state index contributed by atoms with van der Waals surface area (Å²) in [6, 6.07) is 8.74. The standard InChI is InChI=1S/C12H8FNO2.CH5N/c13-9-5-11-12(14-6-9)15-7-8-3-1-2-4-10(8)16-11;1-2/h1-6H,7H2;2H2,1H3. The van der Waals surface area contributed by atoms with Gasteiger partial charge in [-0.05, 0) is 13.1 Å². The second-order valence-corrected chi connectivity index (χ2v) is 3.46. The molecule has 0 saturated carbocycles. The van der Waals surface area contributed by atoms with Gasteiger partial charge in [-0.15, -0.1) is 0 Å². The van der Waals surface area contributed by atoms with Crippen LogP contribution < -0.4 is 15.2 Å². The Bertz CT molecular complexity index is 546. The molecule has 1 aromatic carbocycles. The molecule has 1 aliphatic heterocycles. The molecule has 94 valence electrons. The number of ether oxygens (including phenoxy) is 2. The van der Waals surface area contributed by atoms with Crippen LogP contribution in [0, 0.1) is 5.82 Å². The highest BCUT2D eigenvalue weighted by atomic mass is 19.1. The first kappa shape index (κ1) is 12.3. The lowest BCUT2D eigenvalue weighted by atomic mass is 10.2. The van der Waals surface area contributed by atoms with Crippen LogP contribution in [0.5, 0.6) is 17.4 Å². The summed E-state index contributed by atoms with van der Waals surface area (Å²) in [7, 11) is 1.50. The molecule has 0 atom stereocenters. The molecule has 2 aromatic rings. The predicted octanol–water partition coefficient (Wildman–Crippen LogP) is 2.48. The van der Waals surface area contributed by atoms with Gasteiger partial charge >= 0.3 is 0 Å². The van der Waals surface area contributed by atoms with Crippen LogP contribution in [0.4, 0.5) is 4.39 Å². The largest absolute Gasteiger partial charge is 0.470 e. The van der Waals surface area contributed by atoms with E-state index in [0.29, 0.717) is 24.0 Å². The molecule has 0 amide bonds. The van der Waals surface area contributed by atoms with Crippen LogP contribution in [0.1, 0.15) is 5.56 Å². The fraction of sp³-hybridized carbons (Fsp3) is 0.154. The minimum Gasteiger partial charge on any atom is -0.470 e. The van der Waals surface area contributed by atoms with Gasteiger partial charge in [-0.25, -0.2) is 9.37 Å². The Morgan fingerprint density at radius 1 is 1.22 bits per heavy atom. The van der Waals surface area contributed by atoms with Crippen LogP contribution in [0.2, 0.25) is 0 Å². The van der Waals surface area contributed by atoms with Gasteiger partial charge < -0.3 is 15.2 Å². The highest BCUT2D eigenvalue weighted by Crippen LogP contribution is 2.35. The molecule has 0 unspecified atom stereocenters. The number of pyridine rings is 1. The molecule has 3 rings (SSSR count). The maximum atomic E-state index is 13.0. The first-order valence-corrected chi connectivity index (χ1v) is 5.45. The number of rotatable bonds is 0. The van der Waals surface area contributed by atoms with Crippen molar-refractivity contribution in [3.63, 3.8) is 0 Å². The first-order chi connectivity index (χ1) is 8.83. The maximum Gasteiger partial charge on any atom is 0.258 e. The normalized spacial score (nSPS) is 11.7. The SMILES string of the molecule is CN.Fc1cnc2c(c1)Oc1ccccc1CO2. The van der Waals surface area contributed by atoms with Crippen molar-refractivity contribution in [2.45, 2.75) is 6.61 Å². The Kier molecular flexibility index (Phi) is 3.74. The van der Waals surface area contributed by atoms with E-state index < -0.39 is 5.82 Å². The van der Waals surface area contributed by atoms with E-state index >= 15 is 0 Å². The average molecular weight is 248 g/mol. The summed E-state index contributed by atoms with van der Waals surface area (Å²) >= 11 is 0. The zero-order valence-electron chi connectivity index (χ0n) is 9.89. The number of para-hydroxylation sites is 1. The van der Waals surface area contributed by atoms with E-state index in [-0.39, 0.29) is 0 Å². The van der Waals surface area contributed by atoms with Crippen molar-refractivity contribution in [2.75, 3.05) is 7.05 Å². The molecule has 0 bridgehead atoms. The fourth-order valence-electron chi connectivity index (χ4n) is 1.58. The average Bonchev–Trinajstić information content (AvgIpc) is 2.59. The smallest absolute Gasteiger partial charge is 0.258 e.